The molecule has 0 bridgehead atoms. The molecule has 2 aliphatic rings. The maximum atomic E-state index is 12.5. The molecular weight excluding hydrogens is 805 g/mol. The van der Waals surface area contributed by atoms with E-state index in [0.29, 0.717) is 24.8 Å². The average molecular weight is 873 g/mol. The van der Waals surface area contributed by atoms with Crippen molar-refractivity contribution in [3.63, 3.8) is 0 Å². The van der Waals surface area contributed by atoms with Crippen molar-refractivity contribution in [2.75, 3.05) is 71.6 Å². The van der Waals surface area contributed by atoms with Gasteiger partial charge >= 0.3 is 0 Å². The second kappa shape index (κ2) is 29.8. The zero-order chi connectivity index (χ0) is 39.0. The van der Waals surface area contributed by atoms with Gasteiger partial charge in [-0.3, -0.25) is 9.88 Å². The summed E-state index contributed by atoms with van der Waals surface area (Å²) in [4.78, 5) is 8.48. The molecule has 0 saturated heterocycles. The van der Waals surface area contributed by atoms with Crippen LogP contribution in [0, 0.1) is 18.7 Å². The Kier molecular flexibility index (Phi) is 27.0. The van der Waals surface area contributed by atoms with Gasteiger partial charge < -0.3 is 31.0 Å². The van der Waals surface area contributed by atoms with E-state index in [1.807, 2.05) is 17.5 Å². The van der Waals surface area contributed by atoms with Gasteiger partial charge in [0.05, 0.1) is 42.7 Å². The molecule has 5 rings (SSSR count). The van der Waals surface area contributed by atoms with Crippen molar-refractivity contribution in [1.29, 1.82) is 0 Å². The largest absolute Gasteiger partial charge is 0.699 e. The van der Waals surface area contributed by atoms with E-state index < -0.39 is 0 Å². The Bertz CT molecular complexity index is 1520. The van der Waals surface area contributed by atoms with Gasteiger partial charge in [-0.15, -0.1) is 31.6 Å². The van der Waals surface area contributed by atoms with Crippen LogP contribution >= 0.6 is 19.9 Å². The Labute approximate surface area is 362 Å². The number of nitrogens with one attached hydrogen (secondary N) is 3. The van der Waals surface area contributed by atoms with Gasteiger partial charge in [-0.25, -0.2) is 4.39 Å². The molecule has 3 heterocycles. The number of thiophene rings is 1. The smallest absolute Gasteiger partial charge is 0.124 e. The van der Waals surface area contributed by atoms with Crippen molar-refractivity contribution in [2.45, 2.75) is 91.6 Å². The fourth-order valence-electron chi connectivity index (χ4n) is 5.39. The third-order valence-corrected chi connectivity index (χ3v) is 11.6. The second-order valence-electron chi connectivity index (χ2n) is 14.2. The fourth-order valence-corrected chi connectivity index (χ4v) is 7.60. The van der Waals surface area contributed by atoms with Gasteiger partial charge in [0.15, 0.2) is 0 Å². The first kappa shape index (κ1) is 49.8. The Morgan fingerprint density at radius 2 is 1.73 bits per heavy atom. The van der Waals surface area contributed by atoms with Crippen molar-refractivity contribution in [1.82, 2.24) is 15.2 Å². The summed E-state index contributed by atoms with van der Waals surface area (Å²) in [5, 5.41) is 3.65. The SMILES string of the molecule is CCCOCCPCCN(CCOCCOCCC(C)CC)CC1=CNC(c2cc3nccc(CCC)c3s2)C=C1.Cc1ccc([NH-])cc1F.[NH-]C1CC1.[Y]. The molecule has 55 heavy (non-hydrogen) atoms. The Hall–Kier alpha value is -1.33. The van der Waals surface area contributed by atoms with Gasteiger partial charge in [-0.05, 0) is 79.3 Å². The number of dihydropyridines is 1. The molecule has 12 heteroatoms. The van der Waals surface area contributed by atoms with Crippen molar-refractivity contribution < 1.29 is 51.3 Å². The van der Waals surface area contributed by atoms with Crippen molar-refractivity contribution in [2.24, 2.45) is 5.92 Å². The van der Waals surface area contributed by atoms with Crippen LogP contribution < -0.4 is 5.32 Å². The first-order chi connectivity index (χ1) is 26.2. The van der Waals surface area contributed by atoms with E-state index in [4.69, 9.17) is 25.7 Å². The van der Waals surface area contributed by atoms with Crippen molar-refractivity contribution >= 4 is 35.8 Å². The van der Waals surface area contributed by atoms with Crippen LogP contribution in [-0.2, 0) is 53.3 Å². The molecule has 2 aromatic heterocycles. The number of ether oxygens (including phenoxy) is 3. The number of rotatable bonds is 23. The number of nitrogens with zero attached hydrogens (tertiary/aromatic N) is 2. The average Bonchev–Trinajstić information content (AvgIpc) is 3.83. The third-order valence-electron chi connectivity index (χ3n) is 9.20. The number of aryl methyl sites for hydroxylation is 2. The van der Waals surface area contributed by atoms with E-state index in [2.05, 4.69) is 73.4 Å². The molecule has 8 nitrogen and oxygen atoms in total. The monoisotopic (exact) mass is 872 g/mol. The van der Waals surface area contributed by atoms with Gasteiger partial charge in [0.25, 0.3) is 0 Å². The molecule has 305 valence electrons. The molecule has 3 atom stereocenters. The van der Waals surface area contributed by atoms with Crippen LogP contribution in [0.5, 0.6) is 0 Å². The summed E-state index contributed by atoms with van der Waals surface area (Å²) in [6.07, 6.45) is 19.1. The summed E-state index contributed by atoms with van der Waals surface area (Å²) in [7, 11) is 0.936. The third kappa shape index (κ3) is 21.3. The maximum absolute atomic E-state index is 12.5. The normalized spacial score (nSPS) is 15.6. The van der Waals surface area contributed by atoms with Crippen molar-refractivity contribution in [3.05, 3.63) is 93.7 Å². The van der Waals surface area contributed by atoms with Crippen molar-refractivity contribution in [3.8, 4) is 0 Å². The number of aromatic nitrogens is 1. The summed E-state index contributed by atoms with van der Waals surface area (Å²) >= 11 is 1.88. The van der Waals surface area contributed by atoms with E-state index >= 15 is 0 Å². The number of hydrogen-bond donors (Lipinski definition) is 1. The molecule has 1 aliphatic carbocycles. The standard InChI is InChI=1S/C33H54N3O3PS.C7H7FN.C3H6N.Y/c1-5-8-29-11-13-34-31-24-32(41-33(29)31)30-10-9-28(25-35-30)26-36(15-22-40-23-21-37-16-6-2)14-18-39-20-19-38-17-12-27(4)7-3;1-5-2-3-6(9)4-7(5)8;4-3-1-2-3;/h9-11,13,24-25,27,30,35,40H,5-8,12,14-23,26H2,1-4H3;2-4,9H,1H3;3-4H,1-2H2;/q;2*-1;. The summed E-state index contributed by atoms with van der Waals surface area (Å²) in [6, 6.07) is 9.33. The summed E-state index contributed by atoms with van der Waals surface area (Å²) in [5.41, 5.74) is 18.3. The molecule has 3 N–H and O–H groups in total. The van der Waals surface area contributed by atoms with E-state index in [1.165, 1.54) is 39.4 Å². The van der Waals surface area contributed by atoms with E-state index in [0.717, 1.165) is 111 Å². The summed E-state index contributed by atoms with van der Waals surface area (Å²) in [6.45, 7) is 18.2. The van der Waals surface area contributed by atoms with Crippen LogP contribution in [0.4, 0.5) is 10.1 Å². The molecule has 3 aromatic rings. The number of halogens is 1. The minimum atomic E-state index is -0.303. The van der Waals surface area contributed by atoms with Gasteiger partial charge in [-0.1, -0.05) is 77.7 Å². The van der Waals surface area contributed by atoms with Crippen LogP contribution in [-0.4, -0.2) is 87.5 Å². The summed E-state index contributed by atoms with van der Waals surface area (Å²) < 4.78 is 31.2. The van der Waals surface area contributed by atoms with Crippen LogP contribution in [0.3, 0.4) is 0 Å². The van der Waals surface area contributed by atoms with Gasteiger partial charge in [0.1, 0.15) is 5.82 Å². The maximum Gasteiger partial charge on any atom is 0.124 e. The number of pyridine rings is 1. The van der Waals surface area contributed by atoms with Gasteiger partial charge in [-0.2, -0.15) is 0 Å². The first-order valence-corrected chi connectivity index (χ1v) is 22.3. The summed E-state index contributed by atoms with van der Waals surface area (Å²) in [5.74, 6) is 0.430. The molecule has 3 unspecified atom stereocenters. The molecular formula is C43H67FN5O3PSY-2. The topological polar surface area (TPSA) is 103 Å². The Morgan fingerprint density at radius 3 is 2.36 bits per heavy atom. The predicted octanol–water partition coefficient (Wildman–Crippen LogP) is 11.2. The quantitative estimate of drug-likeness (QED) is 0.0752. The van der Waals surface area contributed by atoms with Crippen LogP contribution in [0.2, 0.25) is 0 Å². The molecule has 1 fully saturated rings. The molecule has 1 aliphatic heterocycles. The number of hydrogen-bond acceptors (Lipinski definition) is 7. The van der Waals surface area contributed by atoms with Crippen LogP contribution in [0.25, 0.3) is 21.7 Å². The first-order valence-electron chi connectivity index (χ1n) is 20.1. The fraction of sp³-hybridized carbons (Fsp3) is 0.605. The zero-order valence-corrected chi connectivity index (χ0v) is 38.8. The van der Waals surface area contributed by atoms with Gasteiger partial charge in [0.2, 0.25) is 0 Å². The molecule has 1 radical (unpaired) electrons. The Morgan fingerprint density at radius 1 is 0.982 bits per heavy atom. The van der Waals surface area contributed by atoms with Gasteiger partial charge in [0, 0.05) is 82.8 Å². The molecule has 0 spiro atoms. The number of fused-ring (bicyclic) bond motifs is 1. The number of benzene rings is 1. The predicted molar refractivity (Wildman–Crippen MR) is 230 cm³/mol. The van der Waals surface area contributed by atoms with Crippen LogP contribution in [0.15, 0.2) is 60.5 Å². The second-order valence-corrected chi connectivity index (χ2v) is 16.8. The molecule has 1 aromatic carbocycles. The Balaban J connectivity index is 0.000000624. The van der Waals surface area contributed by atoms with E-state index in [1.54, 1.807) is 19.1 Å². The molecule has 1 saturated carbocycles. The van der Waals surface area contributed by atoms with E-state index in [9.17, 15) is 4.39 Å². The molecule has 0 amide bonds. The minimum Gasteiger partial charge on any atom is -0.699 e. The zero-order valence-electron chi connectivity index (χ0n) is 34.1. The minimum absolute atomic E-state index is 0. The van der Waals surface area contributed by atoms with Crippen LogP contribution in [0.1, 0.15) is 88.3 Å². The van der Waals surface area contributed by atoms with E-state index in [-0.39, 0.29) is 50.3 Å².